The molecule has 12 nitrogen and oxygen atoms in total. The monoisotopic (exact) mass is 719 g/mol. The number of hydrogen-bond acceptors (Lipinski definition) is 10. The van der Waals surface area contributed by atoms with E-state index in [1.165, 1.54) is 24.8 Å². The molecule has 2 aliphatic carbocycles. The molecular weight excluding hydrogens is 654 g/mol. The molecule has 0 radical (unpaired) electrons. The lowest BCUT2D eigenvalue weighted by molar-refractivity contribution is -0.120. The van der Waals surface area contributed by atoms with E-state index in [-0.39, 0.29) is 29.4 Å². The second-order valence-corrected chi connectivity index (χ2v) is 14.4. The van der Waals surface area contributed by atoms with E-state index in [2.05, 4.69) is 54.2 Å². The second-order valence-electron chi connectivity index (χ2n) is 14.4. The summed E-state index contributed by atoms with van der Waals surface area (Å²) >= 11 is 0. The quantitative estimate of drug-likeness (QED) is 0.116. The summed E-state index contributed by atoms with van der Waals surface area (Å²) < 4.78 is 37.9. The zero-order valence-corrected chi connectivity index (χ0v) is 31.7. The first-order chi connectivity index (χ1) is 24.9. The van der Waals surface area contributed by atoms with Crippen LogP contribution in [0.2, 0.25) is 0 Å². The summed E-state index contributed by atoms with van der Waals surface area (Å²) in [5.41, 5.74) is 1.12. The minimum atomic E-state index is -0.195. The highest BCUT2D eigenvalue weighted by Crippen LogP contribution is 2.49. The molecule has 1 saturated heterocycles. The Kier molecular flexibility index (Phi) is 18.6. The van der Waals surface area contributed by atoms with Crippen LogP contribution in [0.1, 0.15) is 63.4 Å². The average molecular weight is 720 g/mol. The molecule has 0 unspecified atom stereocenters. The molecule has 12 heteroatoms. The predicted molar refractivity (Wildman–Crippen MR) is 195 cm³/mol. The Morgan fingerprint density at radius 1 is 0.745 bits per heavy atom. The van der Waals surface area contributed by atoms with Gasteiger partial charge in [0.05, 0.1) is 91.4 Å². The van der Waals surface area contributed by atoms with Crippen LogP contribution < -0.4 is 0 Å². The fourth-order valence-corrected chi connectivity index (χ4v) is 7.52. The number of ketones is 1. The van der Waals surface area contributed by atoms with Crippen LogP contribution in [-0.4, -0.2) is 159 Å². The van der Waals surface area contributed by atoms with Gasteiger partial charge in [-0.05, 0) is 70.5 Å². The van der Waals surface area contributed by atoms with Gasteiger partial charge in [0.2, 0.25) is 0 Å². The third-order valence-electron chi connectivity index (χ3n) is 10.8. The number of rotatable bonds is 28. The molecule has 0 aromatic heterocycles. The van der Waals surface area contributed by atoms with Crippen LogP contribution in [-0.2, 0) is 43.5 Å². The molecule has 2 saturated carbocycles. The van der Waals surface area contributed by atoms with Gasteiger partial charge in [-0.2, -0.15) is 0 Å². The first kappa shape index (κ1) is 41.6. The SMILES string of the molecule is COCCOCCOCCOCCOCCOCCOCCCC(=O)CN1CC2(CCC(c3ccccc3)(N(C)C)CC2)N(CC2CCC2)C1=O. The Bertz CT molecular complexity index is 1110. The van der Waals surface area contributed by atoms with Crippen molar-refractivity contribution in [3.05, 3.63) is 35.9 Å². The van der Waals surface area contributed by atoms with Crippen LogP contribution in [0.3, 0.4) is 0 Å². The van der Waals surface area contributed by atoms with Gasteiger partial charge in [-0.3, -0.25) is 9.69 Å². The summed E-state index contributed by atoms with van der Waals surface area (Å²) in [4.78, 5) is 33.3. The van der Waals surface area contributed by atoms with Crippen molar-refractivity contribution in [2.24, 2.45) is 5.92 Å². The highest BCUT2D eigenvalue weighted by atomic mass is 16.6. The van der Waals surface area contributed by atoms with E-state index in [4.69, 9.17) is 33.2 Å². The molecule has 1 spiro atoms. The van der Waals surface area contributed by atoms with Crippen molar-refractivity contribution in [2.45, 2.75) is 68.9 Å². The van der Waals surface area contributed by atoms with E-state index in [9.17, 15) is 9.59 Å². The summed E-state index contributed by atoms with van der Waals surface area (Å²) in [6.45, 7) is 8.37. The molecule has 290 valence electrons. The van der Waals surface area contributed by atoms with Crippen LogP contribution in [0.15, 0.2) is 30.3 Å². The summed E-state index contributed by atoms with van der Waals surface area (Å²) in [7, 11) is 6.00. The van der Waals surface area contributed by atoms with Gasteiger partial charge in [0.25, 0.3) is 0 Å². The number of benzene rings is 1. The Morgan fingerprint density at radius 2 is 1.25 bits per heavy atom. The summed E-state index contributed by atoms with van der Waals surface area (Å²) in [5.74, 6) is 0.687. The standard InChI is InChI=1S/C39H65N3O9/c1-40(2)39(35-11-5-4-6-12-35)16-14-38(15-17-39)33-41(37(44)42(38)31-34-9-7-10-34)32-36(43)13-8-18-46-21-22-48-25-26-50-29-30-51-28-27-49-24-23-47-20-19-45-3/h4-6,11-12,34H,7-10,13-33H2,1-3H3. The minimum Gasteiger partial charge on any atom is -0.382 e. The van der Waals surface area contributed by atoms with Crippen LogP contribution >= 0.6 is 0 Å². The van der Waals surface area contributed by atoms with Gasteiger partial charge < -0.3 is 43.0 Å². The molecular formula is C39H65N3O9. The predicted octanol–water partition coefficient (Wildman–Crippen LogP) is 4.39. The number of nitrogens with zero attached hydrogens (tertiary/aromatic N) is 3. The highest BCUT2D eigenvalue weighted by Gasteiger charge is 2.55. The maximum Gasteiger partial charge on any atom is 0.321 e. The van der Waals surface area contributed by atoms with Crippen molar-refractivity contribution in [3.63, 3.8) is 0 Å². The highest BCUT2D eigenvalue weighted by molar-refractivity contribution is 5.87. The van der Waals surface area contributed by atoms with Gasteiger partial charge in [-0.15, -0.1) is 0 Å². The van der Waals surface area contributed by atoms with Gasteiger partial charge >= 0.3 is 6.03 Å². The first-order valence-electron chi connectivity index (χ1n) is 19.2. The molecule has 0 N–H and O–H groups in total. The molecule has 0 bridgehead atoms. The largest absolute Gasteiger partial charge is 0.382 e. The molecule has 1 aromatic carbocycles. The number of methoxy groups -OCH3 is 1. The summed E-state index contributed by atoms with van der Waals surface area (Å²) in [6.07, 6.45) is 8.57. The Morgan fingerprint density at radius 3 is 1.73 bits per heavy atom. The number of ether oxygens (including phenoxy) is 7. The van der Waals surface area contributed by atoms with E-state index < -0.39 is 0 Å². The van der Waals surface area contributed by atoms with Crippen molar-refractivity contribution < 1.29 is 42.7 Å². The van der Waals surface area contributed by atoms with E-state index in [1.54, 1.807) is 7.11 Å². The van der Waals surface area contributed by atoms with E-state index in [0.717, 1.165) is 32.2 Å². The fourth-order valence-electron chi connectivity index (χ4n) is 7.52. The van der Waals surface area contributed by atoms with Gasteiger partial charge in [0.1, 0.15) is 0 Å². The Balaban J connectivity index is 1.04. The maximum atomic E-state index is 13.8. The molecule has 2 amide bonds. The molecule has 3 aliphatic rings. The van der Waals surface area contributed by atoms with E-state index in [0.29, 0.717) is 111 Å². The van der Waals surface area contributed by atoms with Crippen LogP contribution in [0.4, 0.5) is 4.79 Å². The topological polar surface area (TPSA) is 108 Å². The van der Waals surface area contributed by atoms with E-state index in [1.807, 2.05) is 4.90 Å². The molecule has 1 aromatic rings. The summed E-state index contributed by atoms with van der Waals surface area (Å²) in [6, 6.07) is 10.9. The number of amides is 2. The smallest absolute Gasteiger partial charge is 0.321 e. The van der Waals surface area contributed by atoms with Crippen molar-refractivity contribution in [1.82, 2.24) is 14.7 Å². The average Bonchev–Trinajstić information content (AvgIpc) is 3.36. The third-order valence-corrected chi connectivity index (χ3v) is 10.8. The molecule has 1 heterocycles. The van der Waals surface area contributed by atoms with Crippen LogP contribution in [0, 0.1) is 5.92 Å². The lowest BCUT2D eigenvalue weighted by atomic mass is 9.68. The van der Waals surface area contributed by atoms with Crippen molar-refractivity contribution in [2.75, 3.05) is 127 Å². The lowest BCUT2D eigenvalue weighted by Gasteiger charge is -2.51. The Hall–Kier alpha value is -2.16. The van der Waals surface area contributed by atoms with Gasteiger partial charge in [-0.1, -0.05) is 36.8 Å². The molecule has 0 atom stereocenters. The summed E-state index contributed by atoms with van der Waals surface area (Å²) in [5, 5.41) is 0. The normalized spacial score (nSPS) is 22.4. The second kappa shape index (κ2) is 22.8. The van der Waals surface area contributed by atoms with Crippen LogP contribution in [0.5, 0.6) is 0 Å². The molecule has 51 heavy (non-hydrogen) atoms. The van der Waals surface area contributed by atoms with E-state index >= 15 is 0 Å². The van der Waals surface area contributed by atoms with Gasteiger partial charge in [0.15, 0.2) is 5.78 Å². The first-order valence-corrected chi connectivity index (χ1v) is 19.2. The fraction of sp³-hybridized carbons (Fsp3) is 0.795. The molecule has 4 rings (SSSR count). The number of urea groups is 1. The zero-order chi connectivity index (χ0) is 36.2. The molecule has 3 fully saturated rings. The van der Waals surface area contributed by atoms with Crippen molar-refractivity contribution >= 4 is 11.8 Å². The number of hydrogen-bond donors (Lipinski definition) is 0. The molecule has 1 aliphatic heterocycles. The third kappa shape index (κ3) is 13.0. The lowest BCUT2D eigenvalue weighted by Crippen LogP contribution is -2.56. The zero-order valence-electron chi connectivity index (χ0n) is 31.7. The van der Waals surface area contributed by atoms with Crippen molar-refractivity contribution in [1.29, 1.82) is 0 Å². The number of Topliss-reactive ketones (excluding diaryl/α,β-unsaturated/α-hetero) is 1. The number of carbonyl (C=O) groups is 2. The van der Waals surface area contributed by atoms with Crippen molar-refractivity contribution in [3.8, 4) is 0 Å². The maximum absolute atomic E-state index is 13.8. The van der Waals surface area contributed by atoms with Gasteiger partial charge in [-0.25, -0.2) is 4.79 Å². The number of carbonyl (C=O) groups excluding carboxylic acids is 2. The minimum absolute atomic E-state index is 0.0351. The van der Waals surface area contributed by atoms with Crippen LogP contribution in [0.25, 0.3) is 0 Å². The van der Waals surface area contributed by atoms with Gasteiger partial charge in [0, 0.05) is 38.8 Å². The Labute approximate surface area is 306 Å².